The third-order valence-electron chi connectivity index (χ3n) is 3.75. The molecular formula is C15H25N3. The first kappa shape index (κ1) is 13.5. The summed E-state index contributed by atoms with van der Waals surface area (Å²) in [4.78, 5) is 4.97. The Bertz CT molecular complexity index is 357. The lowest BCUT2D eigenvalue weighted by atomic mass is 10.0. The standard InChI is InChI=1S/C15H25N3/c1-16-8-7-14-5-3-4-6-15(14)13-18-11-9-17(2)10-12-18/h3-6,16H,7-13H2,1-2H3. The molecule has 3 heteroatoms. The van der Waals surface area contributed by atoms with E-state index in [-0.39, 0.29) is 0 Å². The third-order valence-corrected chi connectivity index (χ3v) is 3.75. The van der Waals surface area contributed by atoms with E-state index in [0.29, 0.717) is 0 Å². The summed E-state index contributed by atoms with van der Waals surface area (Å²) in [6, 6.07) is 8.86. The number of rotatable bonds is 5. The Balaban J connectivity index is 1.95. The second-order valence-corrected chi connectivity index (χ2v) is 5.20. The fourth-order valence-corrected chi connectivity index (χ4v) is 2.46. The summed E-state index contributed by atoms with van der Waals surface area (Å²) in [7, 11) is 4.22. The smallest absolute Gasteiger partial charge is 0.0237 e. The molecular weight excluding hydrogens is 222 g/mol. The minimum atomic E-state index is 1.06. The van der Waals surface area contributed by atoms with Gasteiger partial charge in [0.05, 0.1) is 0 Å². The van der Waals surface area contributed by atoms with Crippen LogP contribution in [0, 0.1) is 0 Å². The maximum absolute atomic E-state index is 3.23. The zero-order valence-corrected chi connectivity index (χ0v) is 11.7. The van der Waals surface area contributed by atoms with Crippen LogP contribution in [0.4, 0.5) is 0 Å². The predicted octanol–water partition coefficient (Wildman–Crippen LogP) is 1.20. The van der Waals surface area contributed by atoms with Crippen LogP contribution in [0.3, 0.4) is 0 Å². The van der Waals surface area contributed by atoms with Crippen molar-refractivity contribution in [1.29, 1.82) is 0 Å². The maximum Gasteiger partial charge on any atom is 0.0237 e. The third kappa shape index (κ3) is 3.80. The lowest BCUT2D eigenvalue weighted by Crippen LogP contribution is -2.44. The number of nitrogens with zero attached hydrogens (tertiary/aromatic N) is 2. The molecule has 18 heavy (non-hydrogen) atoms. The quantitative estimate of drug-likeness (QED) is 0.843. The Morgan fingerprint density at radius 1 is 1.06 bits per heavy atom. The van der Waals surface area contributed by atoms with Crippen molar-refractivity contribution in [2.75, 3.05) is 46.8 Å². The van der Waals surface area contributed by atoms with Crippen LogP contribution in [0.5, 0.6) is 0 Å². The Labute approximate surface area is 111 Å². The van der Waals surface area contributed by atoms with Crippen molar-refractivity contribution < 1.29 is 0 Å². The van der Waals surface area contributed by atoms with Crippen molar-refractivity contribution in [2.45, 2.75) is 13.0 Å². The number of hydrogen-bond donors (Lipinski definition) is 1. The summed E-state index contributed by atoms with van der Waals surface area (Å²) < 4.78 is 0. The molecule has 1 aliphatic heterocycles. The van der Waals surface area contributed by atoms with Gasteiger partial charge in [-0.15, -0.1) is 0 Å². The summed E-state index contributed by atoms with van der Waals surface area (Å²) >= 11 is 0. The van der Waals surface area contributed by atoms with Gasteiger partial charge in [0.25, 0.3) is 0 Å². The fourth-order valence-electron chi connectivity index (χ4n) is 2.46. The molecule has 0 aliphatic carbocycles. The van der Waals surface area contributed by atoms with Gasteiger partial charge in [0, 0.05) is 32.7 Å². The topological polar surface area (TPSA) is 18.5 Å². The summed E-state index contributed by atoms with van der Waals surface area (Å²) in [6.07, 6.45) is 1.13. The monoisotopic (exact) mass is 247 g/mol. The number of hydrogen-bond acceptors (Lipinski definition) is 3. The molecule has 0 spiro atoms. The molecule has 1 aliphatic rings. The van der Waals surface area contributed by atoms with E-state index in [4.69, 9.17) is 0 Å². The van der Waals surface area contributed by atoms with Crippen molar-refractivity contribution in [3.63, 3.8) is 0 Å². The molecule has 2 rings (SSSR count). The first-order valence-electron chi connectivity index (χ1n) is 6.92. The van der Waals surface area contributed by atoms with Gasteiger partial charge in [-0.1, -0.05) is 24.3 Å². The van der Waals surface area contributed by atoms with Crippen LogP contribution in [-0.4, -0.2) is 56.6 Å². The first-order valence-corrected chi connectivity index (χ1v) is 6.92. The van der Waals surface area contributed by atoms with Crippen LogP contribution in [-0.2, 0) is 13.0 Å². The molecule has 0 aromatic heterocycles. The van der Waals surface area contributed by atoms with Crippen molar-refractivity contribution >= 4 is 0 Å². The molecule has 0 unspecified atom stereocenters. The Morgan fingerprint density at radius 2 is 1.72 bits per heavy atom. The highest BCUT2D eigenvalue weighted by Gasteiger charge is 2.14. The summed E-state index contributed by atoms with van der Waals surface area (Å²) in [6.45, 7) is 6.93. The zero-order valence-electron chi connectivity index (χ0n) is 11.7. The van der Waals surface area contributed by atoms with Gasteiger partial charge in [-0.2, -0.15) is 0 Å². The molecule has 1 fully saturated rings. The van der Waals surface area contributed by atoms with E-state index < -0.39 is 0 Å². The first-order chi connectivity index (χ1) is 8.79. The van der Waals surface area contributed by atoms with Gasteiger partial charge >= 0.3 is 0 Å². The van der Waals surface area contributed by atoms with Gasteiger partial charge in [-0.05, 0) is 38.2 Å². The van der Waals surface area contributed by atoms with Gasteiger partial charge in [-0.25, -0.2) is 0 Å². The summed E-state index contributed by atoms with van der Waals surface area (Å²) in [5.74, 6) is 0. The molecule has 100 valence electrons. The van der Waals surface area contributed by atoms with Crippen molar-refractivity contribution in [1.82, 2.24) is 15.1 Å². The van der Waals surface area contributed by atoms with E-state index in [1.54, 1.807) is 0 Å². The summed E-state index contributed by atoms with van der Waals surface area (Å²) in [5, 5.41) is 3.23. The molecule has 1 aromatic carbocycles. The lowest BCUT2D eigenvalue weighted by Gasteiger charge is -2.32. The van der Waals surface area contributed by atoms with E-state index in [1.165, 1.54) is 37.3 Å². The van der Waals surface area contributed by atoms with Crippen LogP contribution in [0.15, 0.2) is 24.3 Å². The van der Waals surface area contributed by atoms with E-state index in [1.807, 2.05) is 7.05 Å². The number of piperazine rings is 1. The van der Waals surface area contributed by atoms with Gasteiger partial charge in [0.2, 0.25) is 0 Å². The molecule has 0 bridgehead atoms. The molecule has 1 saturated heterocycles. The highest BCUT2D eigenvalue weighted by Crippen LogP contribution is 2.13. The van der Waals surface area contributed by atoms with Gasteiger partial charge < -0.3 is 10.2 Å². The number of nitrogens with one attached hydrogen (secondary N) is 1. The Kier molecular flexibility index (Phi) is 5.17. The molecule has 3 nitrogen and oxygen atoms in total. The number of likely N-dealkylation sites (N-methyl/N-ethyl adjacent to an activating group) is 2. The fraction of sp³-hybridized carbons (Fsp3) is 0.600. The average Bonchev–Trinajstić information content (AvgIpc) is 2.40. The molecule has 0 amide bonds. The summed E-state index contributed by atoms with van der Waals surface area (Å²) in [5.41, 5.74) is 2.99. The Morgan fingerprint density at radius 3 is 2.39 bits per heavy atom. The van der Waals surface area contributed by atoms with Gasteiger partial charge in [0.15, 0.2) is 0 Å². The van der Waals surface area contributed by atoms with Crippen molar-refractivity contribution in [3.05, 3.63) is 35.4 Å². The molecule has 1 N–H and O–H groups in total. The average molecular weight is 247 g/mol. The van der Waals surface area contributed by atoms with Crippen LogP contribution in [0.25, 0.3) is 0 Å². The van der Waals surface area contributed by atoms with Gasteiger partial charge in [-0.3, -0.25) is 4.90 Å². The molecule has 1 heterocycles. The normalized spacial score (nSPS) is 18.1. The molecule has 0 atom stereocenters. The van der Waals surface area contributed by atoms with Crippen LogP contribution >= 0.6 is 0 Å². The minimum Gasteiger partial charge on any atom is -0.319 e. The van der Waals surface area contributed by atoms with Crippen LogP contribution < -0.4 is 5.32 Å². The molecule has 0 saturated carbocycles. The highest BCUT2D eigenvalue weighted by atomic mass is 15.2. The second-order valence-electron chi connectivity index (χ2n) is 5.20. The van der Waals surface area contributed by atoms with E-state index in [9.17, 15) is 0 Å². The van der Waals surface area contributed by atoms with Crippen molar-refractivity contribution in [3.8, 4) is 0 Å². The SMILES string of the molecule is CNCCc1ccccc1CN1CCN(C)CC1. The van der Waals surface area contributed by atoms with Crippen molar-refractivity contribution in [2.24, 2.45) is 0 Å². The molecule has 1 aromatic rings. The van der Waals surface area contributed by atoms with Crippen LogP contribution in [0.1, 0.15) is 11.1 Å². The Hall–Kier alpha value is -0.900. The maximum atomic E-state index is 3.23. The molecule has 0 radical (unpaired) electrons. The second kappa shape index (κ2) is 6.88. The van der Waals surface area contributed by atoms with E-state index in [0.717, 1.165) is 19.5 Å². The van der Waals surface area contributed by atoms with Gasteiger partial charge in [0.1, 0.15) is 0 Å². The van der Waals surface area contributed by atoms with Crippen LogP contribution in [0.2, 0.25) is 0 Å². The minimum absolute atomic E-state index is 1.06. The highest BCUT2D eigenvalue weighted by molar-refractivity contribution is 5.27. The number of benzene rings is 1. The zero-order chi connectivity index (χ0) is 12.8. The largest absolute Gasteiger partial charge is 0.319 e. The van der Waals surface area contributed by atoms with E-state index >= 15 is 0 Å². The van der Waals surface area contributed by atoms with E-state index in [2.05, 4.69) is 46.4 Å². The lowest BCUT2D eigenvalue weighted by molar-refractivity contribution is 0.148. The predicted molar refractivity (Wildman–Crippen MR) is 76.8 cm³/mol.